The van der Waals surface area contributed by atoms with Crippen molar-refractivity contribution < 1.29 is 9.59 Å². The molecule has 1 aliphatic rings. The number of imidazole rings is 1. The number of para-hydroxylation sites is 2. The van der Waals surface area contributed by atoms with Crippen molar-refractivity contribution in [2.75, 3.05) is 19.6 Å². The molecule has 0 spiro atoms. The fraction of sp³-hybridized carbons (Fsp3) is 0.400. The van der Waals surface area contributed by atoms with Gasteiger partial charge in [-0.3, -0.25) is 9.59 Å². The fourth-order valence-corrected chi connectivity index (χ4v) is 4.31. The third-order valence-electron chi connectivity index (χ3n) is 5.98. The highest BCUT2D eigenvalue weighted by Crippen LogP contribution is 2.18. The lowest BCUT2D eigenvalue weighted by atomic mass is 10.1. The quantitative estimate of drug-likeness (QED) is 0.596. The molecule has 6 nitrogen and oxygen atoms in total. The summed E-state index contributed by atoms with van der Waals surface area (Å²) in [6, 6.07) is 13.8. The summed E-state index contributed by atoms with van der Waals surface area (Å²) >= 11 is 0. The maximum absolute atomic E-state index is 12.8. The summed E-state index contributed by atoms with van der Waals surface area (Å²) in [5.74, 6) is 1.01. The number of aryl methyl sites for hydroxylation is 3. The number of nitrogens with one attached hydrogen (secondary N) is 1. The highest BCUT2D eigenvalue weighted by atomic mass is 16.2. The van der Waals surface area contributed by atoms with Crippen molar-refractivity contribution in [2.45, 2.75) is 46.1 Å². The Balaban J connectivity index is 1.41. The second kappa shape index (κ2) is 9.33. The van der Waals surface area contributed by atoms with Gasteiger partial charge in [-0.1, -0.05) is 29.8 Å². The first-order valence-electron chi connectivity index (χ1n) is 11.1. The predicted molar refractivity (Wildman–Crippen MR) is 122 cm³/mol. The molecule has 2 aromatic carbocycles. The zero-order valence-electron chi connectivity index (χ0n) is 18.4. The first kappa shape index (κ1) is 21.1. The number of likely N-dealkylation sites (tertiary alicyclic amines) is 1. The van der Waals surface area contributed by atoms with E-state index in [9.17, 15) is 9.59 Å². The molecular formula is C25H30N4O2. The van der Waals surface area contributed by atoms with Crippen LogP contribution in [0.3, 0.4) is 0 Å². The molecule has 3 aromatic rings. The van der Waals surface area contributed by atoms with Gasteiger partial charge in [-0.15, -0.1) is 0 Å². The minimum Gasteiger partial charge on any atom is -0.352 e. The second-order valence-corrected chi connectivity index (χ2v) is 8.37. The van der Waals surface area contributed by atoms with Crippen molar-refractivity contribution in [3.63, 3.8) is 0 Å². The van der Waals surface area contributed by atoms with Gasteiger partial charge in [0.05, 0.1) is 11.0 Å². The highest BCUT2D eigenvalue weighted by molar-refractivity contribution is 5.95. The van der Waals surface area contributed by atoms with E-state index in [0.29, 0.717) is 25.1 Å². The predicted octanol–water partition coefficient (Wildman–Crippen LogP) is 3.64. The molecule has 2 amide bonds. The number of aromatic nitrogens is 2. The number of fused-ring (bicyclic) bond motifs is 1. The summed E-state index contributed by atoms with van der Waals surface area (Å²) in [5.41, 5.74) is 4.75. The molecular weight excluding hydrogens is 388 g/mol. The molecule has 1 N–H and O–H groups in total. The standard InChI is InChI=1S/C25H30N4O2/c1-18-11-12-20(19(2)16-18)25(31)26-13-7-10-23-27-21-8-3-4-9-22(21)29(23)17-24(30)28-14-5-6-15-28/h3-4,8-9,11-12,16H,5-7,10,13-15,17H2,1-2H3,(H,26,31). The molecule has 6 heteroatoms. The first-order valence-corrected chi connectivity index (χ1v) is 11.1. The third-order valence-corrected chi connectivity index (χ3v) is 5.98. The SMILES string of the molecule is Cc1ccc(C(=O)NCCCc2nc3ccccc3n2CC(=O)N2CCCC2)c(C)c1. The van der Waals surface area contributed by atoms with Crippen LogP contribution < -0.4 is 5.32 Å². The van der Waals surface area contributed by atoms with Crippen LogP contribution in [0.25, 0.3) is 11.0 Å². The van der Waals surface area contributed by atoms with Gasteiger partial charge in [0.25, 0.3) is 5.91 Å². The summed E-state index contributed by atoms with van der Waals surface area (Å²) in [5, 5.41) is 3.02. The number of benzene rings is 2. The van der Waals surface area contributed by atoms with Crippen LogP contribution in [0.4, 0.5) is 0 Å². The van der Waals surface area contributed by atoms with Crippen molar-refractivity contribution in [3.05, 3.63) is 65.0 Å². The lowest BCUT2D eigenvalue weighted by Gasteiger charge is -2.17. The van der Waals surface area contributed by atoms with E-state index in [1.54, 1.807) is 0 Å². The topological polar surface area (TPSA) is 67.2 Å². The lowest BCUT2D eigenvalue weighted by Crippen LogP contribution is -2.31. The molecule has 0 radical (unpaired) electrons. The summed E-state index contributed by atoms with van der Waals surface area (Å²) in [6.45, 7) is 6.58. The average Bonchev–Trinajstić information content (AvgIpc) is 3.40. The Morgan fingerprint density at radius 2 is 1.84 bits per heavy atom. The van der Waals surface area contributed by atoms with E-state index in [4.69, 9.17) is 4.98 Å². The molecule has 1 aromatic heterocycles. The summed E-state index contributed by atoms with van der Waals surface area (Å²) in [4.78, 5) is 32.0. The number of hydrogen-bond donors (Lipinski definition) is 1. The lowest BCUT2D eigenvalue weighted by molar-refractivity contribution is -0.130. The summed E-state index contributed by atoms with van der Waals surface area (Å²) < 4.78 is 2.04. The van der Waals surface area contributed by atoms with Crippen LogP contribution in [-0.2, 0) is 17.8 Å². The minimum atomic E-state index is -0.0461. The molecule has 0 unspecified atom stereocenters. The van der Waals surface area contributed by atoms with E-state index in [1.165, 1.54) is 0 Å². The number of hydrogen-bond acceptors (Lipinski definition) is 3. The molecule has 31 heavy (non-hydrogen) atoms. The van der Waals surface area contributed by atoms with Crippen LogP contribution >= 0.6 is 0 Å². The van der Waals surface area contributed by atoms with Gasteiger partial charge in [-0.25, -0.2) is 4.98 Å². The van der Waals surface area contributed by atoms with Gasteiger partial charge in [-0.2, -0.15) is 0 Å². The van der Waals surface area contributed by atoms with Crippen LogP contribution in [0.15, 0.2) is 42.5 Å². The Kier molecular flexibility index (Phi) is 6.35. The molecule has 2 heterocycles. The van der Waals surface area contributed by atoms with Gasteiger partial charge < -0.3 is 14.8 Å². The number of rotatable bonds is 7. The zero-order valence-corrected chi connectivity index (χ0v) is 18.4. The fourth-order valence-electron chi connectivity index (χ4n) is 4.31. The molecule has 0 aliphatic carbocycles. The molecule has 0 bridgehead atoms. The minimum absolute atomic E-state index is 0.0461. The molecule has 0 saturated carbocycles. The van der Waals surface area contributed by atoms with Crippen molar-refractivity contribution in [1.82, 2.24) is 19.8 Å². The third kappa shape index (κ3) is 4.79. The first-order chi connectivity index (χ1) is 15.0. The van der Waals surface area contributed by atoms with Crippen LogP contribution in [0, 0.1) is 13.8 Å². The van der Waals surface area contributed by atoms with Crippen molar-refractivity contribution in [3.8, 4) is 0 Å². The van der Waals surface area contributed by atoms with E-state index < -0.39 is 0 Å². The monoisotopic (exact) mass is 418 g/mol. The van der Waals surface area contributed by atoms with Crippen molar-refractivity contribution in [2.24, 2.45) is 0 Å². The maximum atomic E-state index is 12.8. The number of amides is 2. The Morgan fingerprint density at radius 1 is 1.06 bits per heavy atom. The highest BCUT2D eigenvalue weighted by Gasteiger charge is 2.20. The molecule has 0 atom stereocenters. The van der Waals surface area contributed by atoms with Gasteiger partial charge >= 0.3 is 0 Å². The van der Waals surface area contributed by atoms with Gasteiger partial charge in [0.15, 0.2) is 0 Å². The molecule has 162 valence electrons. The van der Waals surface area contributed by atoms with Crippen LogP contribution in [0.2, 0.25) is 0 Å². The Morgan fingerprint density at radius 3 is 2.61 bits per heavy atom. The number of carbonyl (C=O) groups is 2. The van der Waals surface area contributed by atoms with Gasteiger partial charge in [-0.05, 0) is 56.9 Å². The van der Waals surface area contributed by atoms with E-state index in [1.807, 2.05) is 65.8 Å². The largest absolute Gasteiger partial charge is 0.352 e. The summed E-state index contributed by atoms with van der Waals surface area (Å²) in [7, 11) is 0. The van der Waals surface area contributed by atoms with Crippen LogP contribution in [-0.4, -0.2) is 45.9 Å². The maximum Gasteiger partial charge on any atom is 0.251 e. The Bertz CT molecular complexity index is 1100. The van der Waals surface area contributed by atoms with Gasteiger partial charge in [0.2, 0.25) is 5.91 Å². The number of carbonyl (C=O) groups excluding carboxylic acids is 2. The average molecular weight is 419 g/mol. The van der Waals surface area contributed by atoms with Crippen LogP contribution in [0.5, 0.6) is 0 Å². The molecule has 1 fully saturated rings. The van der Waals surface area contributed by atoms with E-state index >= 15 is 0 Å². The molecule has 4 rings (SSSR count). The van der Waals surface area contributed by atoms with Gasteiger partial charge in [0, 0.05) is 31.6 Å². The smallest absolute Gasteiger partial charge is 0.251 e. The zero-order chi connectivity index (χ0) is 21.8. The Labute approximate surface area is 183 Å². The number of nitrogens with zero attached hydrogens (tertiary/aromatic N) is 3. The van der Waals surface area contributed by atoms with Crippen molar-refractivity contribution in [1.29, 1.82) is 0 Å². The van der Waals surface area contributed by atoms with Crippen molar-refractivity contribution >= 4 is 22.8 Å². The molecule has 1 aliphatic heterocycles. The van der Waals surface area contributed by atoms with E-state index in [0.717, 1.165) is 60.3 Å². The van der Waals surface area contributed by atoms with E-state index in [2.05, 4.69) is 5.32 Å². The molecule has 1 saturated heterocycles. The second-order valence-electron chi connectivity index (χ2n) is 8.37. The van der Waals surface area contributed by atoms with Gasteiger partial charge in [0.1, 0.15) is 12.4 Å². The van der Waals surface area contributed by atoms with Crippen LogP contribution in [0.1, 0.15) is 46.6 Å². The Hall–Kier alpha value is -3.15. The summed E-state index contributed by atoms with van der Waals surface area (Å²) in [6.07, 6.45) is 3.64. The normalized spacial score (nSPS) is 13.7. The van der Waals surface area contributed by atoms with E-state index in [-0.39, 0.29) is 11.8 Å².